The van der Waals surface area contributed by atoms with E-state index >= 15 is 0 Å². The number of nitrogens with two attached hydrogens (primary N) is 1. The summed E-state index contributed by atoms with van der Waals surface area (Å²) in [7, 11) is 0. The lowest BCUT2D eigenvalue weighted by atomic mass is 10.2. The Kier molecular flexibility index (Phi) is 3.51. The van der Waals surface area contributed by atoms with Gasteiger partial charge in [0.15, 0.2) is 5.82 Å². The number of aromatic nitrogens is 1. The van der Waals surface area contributed by atoms with Crippen LogP contribution >= 0.6 is 11.5 Å². The van der Waals surface area contributed by atoms with Crippen molar-refractivity contribution in [3.8, 4) is 0 Å². The summed E-state index contributed by atoms with van der Waals surface area (Å²) < 4.78 is 4.05. The van der Waals surface area contributed by atoms with E-state index < -0.39 is 0 Å². The van der Waals surface area contributed by atoms with Gasteiger partial charge in [0.2, 0.25) is 0 Å². The molecule has 1 heterocycles. The molecule has 1 aromatic heterocycles. The third kappa shape index (κ3) is 2.88. The molecule has 0 spiro atoms. The molecule has 1 aliphatic carbocycles. The number of nitrogen functional groups attached to an aromatic ring is 1. The summed E-state index contributed by atoms with van der Waals surface area (Å²) in [6.07, 6.45) is 3.12. The van der Waals surface area contributed by atoms with E-state index in [1.54, 1.807) is 0 Å². The van der Waals surface area contributed by atoms with E-state index in [0.29, 0.717) is 23.5 Å². The topological polar surface area (TPSA) is 80.0 Å². The number of hydrogen-bond donors (Lipinski definition) is 3. The Morgan fingerprint density at radius 3 is 2.94 bits per heavy atom. The maximum absolute atomic E-state index is 12.0. The fourth-order valence-electron chi connectivity index (χ4n) is 1.43. The normalized spacial score (nSPS) is 16.6. The van der Waals surface area contributed by atoms with Crippen molar-refractivity contribution < 1.29 is 4.79 Å². The molecule has 1 saturated carbocycles. The number of nitrogens with zero attached hydrogens (tertiary/aromatic N) is 1. The van der Waals surface area contributed by atoms with E-state index in [1.165, 1.54) is 11.5 Å². The van der Waals surface area contributed by atoms with Crippen LogP contribution in [-0.4, -0.2) is 22.4 Å². The summed E-state index contributed by atoms with van der Waals surface area (Å²) in [6, 6.07) is 0.639. The Hall–Kier alpha value is -1.30. The second-order valence-electron chi connectivity index (χ2n) is 4.47. The van der Waals surface area contributed by atoms with Crippen molar-refractivity contribution in [2.75, 3.05) is 11.1 Å². The van der Waals surface area contributed by atoms with E-state index in [4.69, 9.17) is 5.73 Å². The van der Waals surface area contributed by atoms with Crippen molar-refractivity contribution in [1.82, 2.24) is 9.69 Å². The van der Waals surface area contributed by atoms with Gasteiger partial charge in [0.25, 0.3) is 5.91 Å². The van der Waals surface area contributed by atoms with Crippen LogP contribution in [0.4, 0.5) is 10.8 Å². The van der Waals surface area contributed by atoms with Crippen LogP contribution in [0.5, 0.6) is 0 Å². The molecule has 0 radical (unpaired) electrons. The molecule has 5 nitrogen and oxygen atoms in total. The van der Waals surface area contributed by atoms with Crippen LogP contribution in [0.1, 0.15) is 43.5 Å². The molecule has 1 fully saturated rings. The average molecular weight is 254 g/mol. The van der Waals surface area contributed by atoms with Crippen LogP contribution in [0.25, 0.3) is 0 Å². The van der Waals surface area contributed by atoms with E-state index in [0.717, 1.165) is 24.3 Å². The zero-order valence-electron chi connectivity index (χ0n) is 10.1. The Labute approximate surface area is 105 Å². The van der Waals surface area contributed by atoms with Gasteiger partial charge in [-0.1, -0.05) is 6.92 Å². The summed E-state index contributed by atoms with van der Waals surface area (Å²) in [6.45, 7) is 4.16. The maximum Gasteiger partial charge on any atom is 0.258 e. The summed E-state index contributed by atoms with van der Waals surface area (Å²) >= 11 is 1.25. The van der Waals surface area contributed by atoms with E-state index in [1.807, 2.05) is 0 Å². The van der Waals surface area contributed by atoms with Crippen LogP contribution in [0.3, 0.4) is 0 Å². The number of carbonyl (C=O) groups excluding carboxylic acids is 1. The number of anilines is 2. The molecule has 1 amide bonds. The van der Waals surface area contributed by atoms with E-state index in [2.05, 4.69) is 28.9 Å². The van der Waals surface area contributed by atoms with Crippen molar-refractivity contribution in [3.05, 3.63) is 5.56 Å². The molecular formula is C11H18N4OS. The van der Waals surface area contributed by atoms with Gasteiger partial charge < -0.3 is 16.4 Å². The van der Waals surface area contributed by atoms with Crippen LogP contribution in [0, 0.1) is 0 Å². The van der Waals surface area contributed by atoms with Gasteiger partial charge in [-0.2, -0.15) is 4.37 Å². The monoisotopic (exact) mass is 254 g/mol. The highest BCUT2D eigenvalue weighted by molar-refractivity contribution is 7.11. The maximum atomic E-state index is 12.0. The molecule has 6 heteroatoms. The number of hydrogen-bond acceptors (Lipinski definition) is 5. The lowest BCUT2D eigenvalue weighted by Gasteiger charge is -2.12. The van der Waals surface area contributed by atoms with Gasteiger partial charge in [0.1, 0.15) is 10.6 Å². The Balaban J connectivity index is 2.12. The Bertz CT molecular complexity index is 414. The number of rotatable bonds is 5. The quantitative estimate of drug-likeness (QED) is 0.749. The van der Waals surface area contributed by atoms with Crippen molar-refractivity contribution >= 4 is 28.3 Å². The van der Waals surface area contributed by atoms with Gasteiger partial charge in [-0.15, -0.1) is 0 Å². The minimum absolute atomic E-state index is 0.107. The molecule has 2 rings (SSSR count). The second kappa shape index (κ2) is 4.91. The van der Waals surface area contributed by atoms with E-state index in [9.17, 15) is 4.79 Å². The number of amides is 1. The molecule has 1 aliphatic rings. The molecule has 1 aromatic rings. The molecule has 94 valence electrons. The lowest BCUT2D eigenvalue weighted by Crippen LogP contribution is -2.27. The zero-order valence-corrected chi connectivity index (χ0v) is 10.9. The first kappa shape index (κ1) is 12.2. The van der Waals surface area contributed by atoms with Gasteiger partial charge >= 0.3 is 0 Å². The molecule has 0 aromatic carbocycles. The molecule has 1 unspecified atom stereocenters. The summed E-state index contributed by atoms with van der Waals surface area (Å²) in [5, 5.41) is 6.98. The predicted octanol–water partition coefficient (Wildman–Crippen LogP) is 1.83. The molecule has 0 saturated heterocycles. The summed E-state index contributed by atoms with van der Waals surface area (Å²) in [5.41, 5.74) is 6.26. The van der Waals surface area contributed by atoms with Gasteiger partial charge in [-0.25, -0.2) is 0 Å². The highest BCUT2D eigenvalue weighted by Gasteiger charge is 2.27. The summed E-state index contributed by atoms with van der Waals surface area (Å²) in [4.78, 5) is 12.0. The van der Waals surface area contributed by atoms with Crippen LogP contribution in [0.15, 0.2) is 0 Å². The third-order valence-corrected chi connectivity index (χ3v) is 3.64. The molecule has 17 heavy (non-hydrogen) atoms. The highest BCUT2D eigenvalue weighted by atomic mass is 32.1. The highest BCUT2D eigenvalue weighted by Crippen LogP contribution is 2.29. The molecule has 4 N–H and O–H groups in total. The van der Waals surface area contributed by atoms with Gasteiger partial charge in [0.05, 0.1) is 0 Å². The third-order valence-electron chi connectivity index (χ3n) is 2.85. The van der Waals surface area contributed by atoms with Crippen LogP contribution in [-0.2, 0) is 0 Å². The van der Waals surface area contributed by atoms with Gasteiger partial charge in [-0.05, 0) is 37.7 Å². The predicted molar refractivity (Wildman–Crippen MR) is 70.4 cm³/mol. The fraction of sp³-hybridized carbons (Fsp3) is 0.636. The smallest absolute Gasteiger partial charge is 0.258 e. The first-order valence-electron chi connectivity index (χ1n) is 5.94. The number of carbonyl (C=O) groups is 1. The minimum Gasteiger partial charge on any atom is -0.382 e. The Morgan fingerprint density at radius 2 is 2.35 bits per heavy atom. The largest absolute Gasteiger partial charge is 0.382 e. The van der Waals surface area contributed by atoms with Crippen LogP contribution in [0.2, 0.25) is 0 Å². The van der Waals surface area contributed by atoms with Gasteiger partial charge in [-0.3, -0.25) is 4.79 Å². The molecule has 0 aliphatic heterocycles. The molecule has 1 atom stereocenters. The first-order chi connectivity index (χ1) is 8.11. The fourth-order valence-corrected chi connectivity index (χ4v) is 2.25. The standard InChI is InChI=1S/C11H18N4OS/c1-3-6(2)13-11-8(9(12)15-17-11)10(16)14-7-4-5-7/h6-7,13H,3-5H2,1-2H3,(H2,12,15)(H,14,16). The lowest BCUT2D eigenvalue weighted by molar-refractivity contribution is 0.0953. The second-order valence-corrected chi connectivity index (χ2v) is 5.25. The van der Waals surface area contributed by atoms with Crippen molar-refractivity contribution in [2.45, 2.75) is 45.2 Å². The average Bonchev–Trinajstić information content (AvgIpc) is 3.02. The van der Waals surface area contributed by atoms with Crippen LogP contribution < -0.4 is 16.4 Å². The first-order valence-corrected chi connectivity index (χ1v) is 6.71. The van der Waals surface area contributed by atoms with Crippen molar-refractivity contribution in [1.29, 1.82) is 0 Å². The number of nitrogens with one attached hydrogen (secondary N) is 2. The summed E-state index contributed by atoms with van der Waals surface area (Å²) in [5.74, 6) is 0.212. The van der Waals surface area contributed by atoms with Crippen molar-refractivity contribution in [2.24, 2.45) is 0 Å². The minimum atomic E-state index is -0.107. The Morgan fingerprint density at radius 1 is 1.65 bits per heavy atom. The zero-order chi connectivity index (χ0) is 12.4. The van der Waals surface area contributed by atoms with E-state index in [-0.39, 0.29) is 5.91 Å². The molecule has 0 bridgehead atoms. The SMILES string of the molecule is CCC(C)Nc1snc(N)c1C(=O)NC1CC1. The van der Waals surface area contributed by atoms with Gasteiger partial charge in [0, 0.05) is 12.1 Å². The molecular weight excluding hydrogens is 236 g/mol. The van der Waals surface area contributed by atoms with Crippen molar-refractivity contribution in [3.63, 3.8) is 0 Å².